The molecule has 0 atom stereocenters. The Balaban J connectivity index is 0.00000420. The highest BCUT2D eigenvalue weighted by molar-refractivity contribution is 5.95. The van der Waals surface area contributed by atoms with E-state index >= 15 is 0 Å². The topological polar surface area (TPSA) is 77.0 Å². The van der Waals surface area contributed by atoms with E-state index in [0.717, 1.165) is 12.3 Å². The predicted molar refractivity (Wildman–Crippen MR) is 107 cm³/mol. The van der Waals surface area contributed by atoms with Crippen LogP contribution in [-0.4, -0.2) is 45.7 Å². The molecule has 162 valence electrons. The van der Waals surface area contributed by atoms with Gasteiger partial charge in [0.05, 0.1) is 23.0 Å². The van der Waals surface area contributed by atoms with Crippen molar-refractivity contribution in [1.82, 2.24) is 19.7 Å². The third-order valence-electron chi connectivity index (χ3n) is 4.44. The Bertz CT molecular complexity index is 831. The molecular formula is C19H27ClF3N5O. The number of pyridine rings is 1. The smallest absolute Gasteiger partial charge is 0.341 e. The number of rotatable bonds is 6. The quantitative estimate of drug-likeness (QED) is 0.749. The Kier molecular flexibility index (Phi) is 7.84. The minimum Gasteiger partial charge on any atom is -0.341 e. The molecule has 0 aromatic carbocycles. The van der Waals surface area contributed by atoms with Gasteiger partial charge in [0.2, 0.25) is 0 Å². The lowest BCUT2D eigenvalue weighted by Crippen LogP contribution is -2.40. The van der Waals surface area contributed by atoms with Gasteiger partial charge < -0.3 is 10.6 Å². The Morgan fingerprint density at radius 2 is 1.86 bits per heavy atom. The van der Waals surface area contributed by atoms with Gasteiger partial charge in [0.1, 0.15) is 0 Å². The van der Waals surface area contributed by atoms with E-state index in [1.54, 1.807) is 11.9 Å². The molecule has 2 N–H and O–H groups in total. The molecule has 29 heavy (non-hydrogen) atoms. The number of nitrogens with zero attached hydrogens (tertiary/aromatic N) is 4. The lowest BCUT2D eigenvalue weighted by atomic mass is 9.93. The summed E-state index contributed by atoms with van der Waals surface area (Å²) in [4.78, 5) is 18.4. The van der Waals surface area contributed by atoms with E-state index in [9.17, 15) is 18.0 Å². The molecule has 10 heteroatoms. The normalized spacial score (nSPS) is 12.1. The number of carbonyl (C=O) groups is 1. The number of alkyl halides is 3. The third-order valence-corrected chi connectivity index (χ3v) is 4.44. The summed E-state index contributed by atoms with van der Waals surface area (Å²) < 4.78 is 39.7. The van der Waals surface area contributed by atoms with Crippen molar-refractivity contribution in [2.75, 3.05) is 20.1 Å². The second-order valence-electron chi connectivity index (χ2n) is 7.94. The summed E-state index contributed by atoms with van der Waals surface area (Å²) in [6.45, 7) is 8.60. The average Bonchev–Trinajstić information content (AvgIpc) is 3.05. The van der Waals surface area contributed by atoms with Gasteiger partial charge in [-0.2, -0.15) is 18.3 Å². The maximum absolute atomic E-state index is 13.0. The molecule has 2 heterocycles. The van der Waals surface area contributed by atoms with Crippen molar-refractivity contribution >= 4 is 18.3 Å². The fourth-order valence-corrected chi connectivity index (χ4v) is 2.92. The second-order valence-corrected chi connectivity index (χ2v) is 7.94. The van der Waals surface area contributed by atoms with Gasteiger partial charge in [-0.1, -0.05) is 27.7 Å². The van der Waals surface area contributed by atoms with Crippen molar-refractivity contribution in [3.8, 4) is 5.82 Å². The summed E-state index contributed by atoms with van der Waals surface area (Å²) in [6, 6.07) is 2.20. The van der Waals surface area contributed by atoms with Gasteiger partial charge in [-0.3, -0.25) is 4.79 Å². The standard InChI is InChI=1S/C19H26F3N5O.ClH/c1-12(2)16-14(17(28)26(5)11-18(3,4)10-23)9-25-27(16)15-7-6-13(8-24-15)19(20,21)22;/h6-9,12H,10-11,23H2,1-5H3;1H. The number of amides is 1. The third kappa shape index (κ3) is 5.70. The SMILES string of the molecule is CC(C)c1c(C(=O)N(C)CC(C)(C)CN)cnn1-c1ccc(C(F)(F)F)cn1.Cl. The van der Waals surface area contributed by atoms with Crippen LogP contribution in [0.4, 0.5) is 13.2 Å². The van der Waals surface area contributed by atoms with Crippen LogP contribution in [0.5, 0.6) is 0 Å². The van der Waals surface area contributed by atoms with Crippen molar-refractivity contribution in [2.45, 2.75) is 39.8 Å². The first-order chi connectivity index (χ1) is 12.9. The Labute approximate surface area is 174 Å². The molecule has 0 fully saturated rings. The summed E-state index contributed by atoms with van der Waals surface area (Å²) in [7, 11) is 1.69. The number of carbonyl (C=O) groups excluding carboxylic acids is 1. The molecule has 0 aliphatic rings. The van der Waals surface area contributed by atoms with Crippen molar-refractivity contribution < 1.29 is 18.0 Å². The van der Waals surface area contributed by atoms with E-state index in [2.05, 4.69) is 10.1 Å². The number of hydrogen-bond acceptors (Lipinski definition) is 4. The largest absolute Gasteiger partial charge is 0.417 e. The van der Waals surface area contributed by atoms with Crippen LogP contribution in [0.15, 0.2) is 24.5 Å². The second kappa shape index (κ2) is 9.13. The first-order valence-electron chi connectivity index (χ1n) is 8.94. The molecule has 0 bridgehead atoms. The van der Waals surface area contributed by atoms with Gasteiger partial charge >= 0.3 is 6.18 Å². The zero-order valence-electron chi connectivity index (χ0n) is 17.1. The molecular weight excluding hydrogens is 407 g/mol. The predicted octanol–water partition coefficient (Wildman–Crippen LogP) is 3.89. The summed E-state index contributed by atoms with van der Waals surface area (Å²) in [6.07, 6.45) is -2.27. The van der Waals surface area contributed by atoms with Crippen molar-refractivity contribution in [1.29, 1.82) is 0 Å². The van der Waals surface area contributed by atoms with Crippen LogP contribution < -0.4 is 5.73 Å². The maximum atomic E-state index is 13.0. The molecule has 2 aromatic heterocycles. The van der Waals surface area contributed by atoms with Gasteiger partial charge in [0.25, 0.3) is 5.91 Å². The molecule has 0 saturated heterocycles. The summed E-state index contributed by atoms with van der Waals surface area (Å²) in [5, 5.41) is 4.22. The van der Waals surface area contributed by atoms with Crippen LogP contribution >= 0.6 is 12.4 Å². The Hall–Kier alpha value is -2.13. The molecule has 2 rings (SSSR count). The molecule has 6 nitrogen and oxygen atoms in total. The average molecular weight is 434 g/mol. The molecule has 0 aliphatic carbocycles. The number of hydrogen-bond donors (Lipinski definition) is 1. The van der Waals surface area contributed by atoms with Crippen LogP contribution in [0.2, 0.25) is 0 Å². The fourth-order valence-electron chi connectivity index (χ4n) is 2.92. The monoisotopic (exact) mass is 433 g/mol. The lowest BCUT2D eigenvalue weighted by molar-refractivity contribution is -0.137. The Morgan fingerprint density at radius 3 is 2.31 bits per heavy atom. The van der Waals surface area contributed by atoms with Gasteiger partial charge in [0.15, 0.2) is 5.82 Å². The van der Waals surface area contributed by atoms with E-state index in [0.29, 0.717) is 24.3 Å². The molecule has 2 aromatic rings. The van der Waals surface area contributed by atoms with Gasteiger partial charge in [-0.05, 0) is 30.0 Å². The minimum atomic E-state index is -4.46. The van der Waals surface area contributed by atoms with E-state index in [1.807, 2.05) is 27.7 Å². The highest BCUT2D eigenvalue weighted by Crippen LogP contribution is 2.30. The molecule has 0 saturated carbocycles. The summed E-state index contributed by atoms with van der Waals surface area (Å²) in [5.74, 6) is -0.0921. The molecule has 0 unspecified atom stereocenters. The Morgan fingerprint density at radius 1 is 1.24 bits per heavy atom. The van der Waals surface area contributed by atoms with Crippen LogP contribution in [0.3, 0.4) is 0 Å². The maximum Gasteiger partial charge on any atom is 0.417 e. The molecule has 1 amide bonds. The highest BCUT2D eigenvalue weighted by atomic mass is 35.5. The zero-order chi connectivity index (χ0) is 21.3. The number of halogens is 4. The molecule has 0 spiro atoms. The minimum absolute atomic E-state index is 0. The first kappa shape index (κ1) is 24.9. The highest BCUT2D eigenvalue weighted by Gasteiger charge is 2.31. The lowest BCUT2D eigenvalue weighted by Gasteiger charge is -2.29. The van der Waals surface area contributed by atoms with Crippen molar-refractivity contribution in [2.24, 2.45) is 11.1 Å². The zero-order valence-corrected chi connectivity index (χ0v) is 17.9. The van der Waals surface area contributed by atoms with Crippen molar-refractivity contribution in [3.05, 3.63) is 41.3 Å². The van der Waals surface area contributed by atoms with Gasteiger partial charge in [-0.15, -0.1) is 12.4 Å². The van der Waals surface area contributed by atoms with E-state index in [1.165, 1.54) is 16.9 Å². The molecule has 0 radical (unpaired) electrons. The van der Waals surface area contributed by atoms with E-state index < -0.39 is 11.7 Å². The summed E-state index contributed by atoms with van der Waals surface area (Å²) in [5.41, 5.74) is 5.66. The van der Waals surface area contributed by atoms with Gasteiger partial charge in [0, 0.05) is 19.8 Å². The van der Waals surface area contributed by atoms with Crippen LogP contribution in [-0.2, 0) is 6.18 Å². The van der Waals surface area contributed by atoms with E-state index in [4.69, 9.17) is 5.73 Å². The molecule has 0 aliphatic heterocycles. The van der Waals surface area contributed by atoms with Gasteiger partial charge in [-0.25, -0.2) is 9.67 Å². The van der Waals surface area contributed by atoms with Crippen LogP contribution in [0.1, 0.15) is 55.2 Å². The number of nitrogens with two attached hydrogens (primary N) is 1. The number of aromatic nitrogens is 3. The van der Waals surface area contributed by atoms with Crippen LogP contribution in [0.25, 0.3) is 5.82 Å². The first-order valence-corrected chi connectivity index (χ1v) is 8.94. The summed E-state index contributed by atoms with van der Waals surface area (Å²) >= 11 is 0. The van der Waals surface area contributed by atoms with Crippen LogP contribution in [0, 0.1) is 5.41 Å². The fraction of sp³-hybridized carbons (Fsp3) is 0.526. The van der Waals surface area contributed by atoms with E-state index in [-0.39, 0.29) is 35.5 Å². The van der Waals surface area contributed by atoms with Crippen molar-refractivity contribution in [3.63, 3.8) is 0 Å².